The van der Waals surface area contributed by atoms with Crippen molar-refractivity contribution >= 4 is 15.9 Å². The molecule has 80 valence electrons. The van der Waals surface area contributed by atoms with Crippen LogP contribution in [0.1, 0.15) is 25.0 Å². The molecule has 1 rings (SSSR count). The third-order valence-electron chi connectivity index (χ3n) is 2.03. The zero-order valence-electron chi connectivity index (χ0n) is 8.75. The van der Waals surface area contributed by atoms with Gasteiger partial charge in [-0.1, -0.05) is 22.0 Å². The Labute approximate surface area is 98.4 Å². The molecule has 1 aromatic carbocycles. The third kappa shape index (κ3) is 3.26. The predicted molar refractivity (Wildman–Crippen MR) is 63.7 cm³/mol. The van der Waals surface area contributed by atoms with Gasteiger partial charge in [0, 0.05) is 16.5 Å². The lowest BCUT2D eigenvalue weighted by molar-refractivity contribution is 0.179. The fourth-order valence-electron chi connectivity index (χ4n) is 1.27. The van der Waals surface area contributed by atoms with E-state index in [1.807, 2.05) is 18.2 Å². The number of benzene rings is 1. The summed E-state index contributed by atoms with van der Waals surface area (Å²) in [5.74, 6) is 6.28. The first-order chi connectivity index (χ1) is 7.19. The monoisotopic (exact) mass is 268 g/mol. The Hall–Kier alpha value is -0.980. The molecule has 2 nitrogen and oxygen atoms in total. The second-order valence-corrected chi connectivity index (χ2v) is 3.95. The summed E-state index contributed by atoms with van der Waals surface area (Å²) in [5, 5.41) is 9.86. The van der Waals surface area contributed by atoms with Gasteiger partial charge < -0.3 is 9.84 Å². The van der Waals surface area contributed by atoms with Crippen molar-refractivity contribution in [2.24, 2.45) is 0 Å². The Morgan fingerprint density at radius 3 is 2.87 bits per heavy atom. The van der Waals surface area contributed by atoms with E-state index >= 15 is 0 Å². The van der Waals surface area contributed by atoms with Crippen LogP contribution in [0.2, 0.25) is 0 Å². The van der Waals surface area contributed by atoms with Gasteiger partial charge in [-0.15, -0.1) is 11.8 Å². The van der Waals surface area contributed by atoms with E-state index in [0.717, 1.165) is 10.0 Å². The van der Waals surface area contributed by atoms with Crippen LogP contribution in [-0.2, 0) is 0 Å². The minimum absolute atomic E-state index is 0.425. The summed E-state index contributed by atoms with van der Waals surface area (Å²) in [4.78, 5) is 0. The highest BCUT2D eigenvalue weighted by Crippen LogP contribution is 2.29. The molecule has 0 aromatic heterocycles. The Morgan fingerprint density at radius 1 is 1.53 bits per heavy atom. The molecular weight excluding hydrogens is 256 g/mol. The summed E-state index contributed by atoms with van der Waals surface area (Å²) >= 11 is 3.35. The molecule has 0 aliphatic heterocycles. The number of methoxy groups -OCH3 is 1. The van der Waals surface area contributed by atoms with Gasteiger partial charge in [-0.25, -0.2) is 0 Å². The molecule has 0 bridgehead atoms. The van der Waals surface area contributed by atoms with E-state index in [0.29, 0.717) is 12.2 Å². The van der Waals surface area contributed by atoms with Gasteiger partial charge in [0.15, 0.2) is 0 Å². The second-order valence-electron chi connectivity index (χ2n) is 3.03. The summed E-state index contributed by atoms with van der Waals surface area (Å²) in [6, 6.07) is 5.54. The van der Waals surface area contributed by atoms with Gasteiger partial charge in [0.05, 0.1) is 13.2 Å². The summed E-state index contributed by atoms with van der Waals surface area (Å²) < 4.78 is 6.12. The lowest BCUT2D eigenvalue weighted by Gasteiger charge is -2.12. The molecule has 1 unspecified atom stereocenters. The fraction of sp³-hybridized carbons (Fsp3) is 0.333. The molecule has 0 spiro atoms. The Balaban J connectivity index is 2.95. The molecule has 3 heteroatoms. The lowest BCUT2D eigenvalue weighted by Crippen LogP contribution is -1.99. The maximum atomic E-state index is 9.86. The zero-order chi connectivity index (χ0) is 11.3. The number of hydrogen-bond donors (Lipinski definition) is 1. The van der Waals surface area contributed by atoms with Crippen molar-refractivity contribution in [2.75, 3.05) is 7.11 Å². The van der Waals surface area contributed by atoms with E-state index in [2.05, 4.69) is 27.8 Å². The van der Waals surface area contributed by atoms with Gasteiger partial charge in [-0.3, -0.25) is 0 Å². The Morgan fingerprint density at radius 2 is 2.27 bits per heavy atom. The van der Waals surface area contributed by atoms with E-state index in [9.17, 15) is 5.11 Å². The van der Waals surface area contributed by atoms with Gasteiger partial charge in [0.1, 0.15) is 5.75 Å². The van der Waals surface area contributed by atoms with Crippen LogP contribution < -0.4 is 4.74 Å². The van der Waals surface area contributed by atoms with Gasteiger partial charge in [-0.2, -0.15) is 0 Å². The molecule has 1 N–H and O–H groups in total. The molecule has 0 aliphatic rings. The van der Waals surface area contributed by atoms with Gasteiger partial charge in [-0.05, 0) is 19.1 Å². The topological polar surface area (TPSA) is 29.5 Å². The molecular formula is C12H13BrO2. The van der Waals surface area contributed by atoms with Gasteiger partial charge in [0.2, 0.25) is 0 Å². The maximum absolute atomic E-state index is 9.86. The first kappa shape index (κ1) is 12.1. The highest BCUT2D eigenvalue weighted by Gasteiger charge is 2.12. The number of aliphatic hydroxyl groups excluding tert-OH is 1. The summed E-state index contributed by atoms with van der Waals surface area (Å²) in [5.41, 5.74) is 0.767. The molecule has 0 heterocycles. The average Bonchev–Trinajstić information content (AvgIpc) is 2.25. The smallest absolute Gasteiger partial charge is 0.125 e. The van der Waals surface area contributed by atoms with Crippen molar-refractivity contribution in [3.63, 3.8) is 0 Å². The molecule has 1 aromatic rings. The first-order valence-corrected chi connectivity index (χ1v) is 5.39. The molecule has 0 radical (unpaired) electrons. The normalized spacial score (nSPS) is 11.5. The van der Waals surface area contributed by atoms with Gasteiger partial charge >= 0.3 is 0 Å². The number of ether oxygens (including phenoxy) is 1. The summed E-state index contributed by atoms with van der Waals surface area (Å²) in [7, 11) is 1.59. The average molecular weight is 269 g/mol. The summed E-state index contributed by atoms with van der Waals surface area (Å²) in [6.45, 7) is 1.76. The molecule has 0 fully saturated rings. The molecule has 0 saturated carbocycles. The van der Waals surface area contributed by atoms with E-state index in [4.69, 9.17) is 4.74 Å². The number of hydrogen-bond acceptors (Lipinski definition) is 2. The standard InChI is InChI=1S/C12H13BrO2/c1-3-4-5-11(14)10-7-6-9(13)8-12(10)15-2/h6-8,11,14H,5H2,1-2H3. The molecule has 0 saturated heterocycles. The van der Waals surface area contributed by atoms with E-state index in [-0.39, 0.29) is 0 Å². The van der Waals surface area contributed by atoms with Crippen LogP contribution in [0.3, 0.4) is 0 Å². The maximum Gasteiger partial charge on any atom is 0.125 e. The Kier molecular flexibility index (Phi) is 4.67. The minimum atomic E-state index is -0.597. The lowest BCUT2D eigenvalue weighted by atomic mass is 10.1. The second kappa shape index (κ2) is 5.79. The van der Waals surface area contributed by atoms with Crippen LogP contribution in [0, 0.1) is 11.8 Å². The quantitative estimate of drug-likeness (QED) is 0.855. The van der Waals surface area contributed by atoms with Crippen LogP contribution >= 0.6 is 15.9 Å². The molecule has 15 heavy (non-hydrogen) atoms. The molecule has 0 amide bonds. The largest absolute Gasteiger partial charge is 0.496 e. The number of aliphatic hydroxyl groups is 1. The minimum Gasteiger partial charge on any atom is -0.496 e. The van der Waals surface area contributed by atoms with Gasteiger partial charge in [0.25, 0.3) is 0 Å². The number of rotatable bonds is 3. The van der Waals surface area contributed by atoms with E-state index in [1.165, 1.54) is 0 Å². The van der Waals surface area contributed by atoms with Crippen LogP contribution in [0.15, 0.2) is 22.7 Å². The van der Waals surface area contributed by atoms with E-state index < -0.39 is 6.10 Å². The highest BCUT2D eigenvalue weighted by atomic mass is 79.9. The number of halogens is 1. The highest BCUT2D eigenvalue weighted by molar-refractivity contribution is 9.10. The van der Waals surface area contributed by atoms with Crippen molar-refractivity contribution in [3.8, 4) is 17.6 Å². The van der Waals surface area contributed by atoms with Crippen molar-refractivity contribution in [2.45, 2.75) is 19.4 Å². The predicted octanol–water partition coefficient (Wildman–Crippen LogP) is 2.90. The van der Waals surface area contributed by atoms with Crippen molar-refractivity contribution in [1.82, 2.24) is 0 Å². The first-order valence-electron chi connectivity index (χ1n) is 4.60. The van der Waals surface area contributed by atoms with Crippen LogP contribution in [0.5, 0.6) is 5.75 Å². The van der Waals surface area contributed by atoms with Crippen molar-refractivity contribution in [3.05, 3.63) is 28.2 Å². The fourth-order valence-corrected chi connectivity index (χ4v) is 1.61. The van der Waals surface area contributed by atoms with Crippen LogP contribution in [0.4, 0.5) is 0 Å². The molecule has 1 atom stereocenters. The van der Waals surface area contributed by atoms with Crippen LogP contribution in [-0.4, -0.2) is 12.2 Å². The van der Waals surface area contributed by atoms with Crippen molar-refractivity contribution < 1.29 is 9.84 Å². The SMILES string of the molecule is CC#CCC(O)c1ccc(Br)cc1OC. The molecule has 0 aliphatic carbocycles. The third-order valence-corrected chi connectivity index (χ3v) is 2.52. The van der Waals surface area contributed by atoms with Crippen LogP contribution in [0.25, 0.3) is 0 Å². The van der Waals surface area contributed by atoms with Crippen molar-refractivity contribution in [1.29, 1.82) is 0 Å². The Bertz CT molecular complexity index is 390. The summed E-state index contributed by atoms with van der Waals surface area (Å²) in [6.07, 6.45) is -0.172. The van der Waals surface area contributed by atoms with E-state index in [1.54, 1.807) is 14.0 Å². The zero-order valence-corrected chi connectivity index (χ0v) is 10.3.